The van der Waals surface area contributed by atoms with Gasteiger partial charge in [-0.15, -0.1) is 0 Å². The van der Waals surface area contributed by atoms with E-state index in [0.717, 1.165) is 71.2 Å². The smallest absolute Gasteiger partial charge is 0.456 e. The standard InChI is InChI=1S/C34H27BO4/c1-33(2)34(3,4)39-35(38-33)23-12-16-30-28(19-23)26-14-10-21(18-31(26)36-30)20-9-13-24-22(17-20)11-15-27-25-7-5-6-8-29(25)37-32(24)27/h5-19H,1-4H3. The quantitative estimate of drug-likeness (QED) is 0.219. The van der Waals surface area contributed by atoms with Crippen LogP contribution in [-0.4, -0.2) is 18.3 Å². The van der Waals surface area contributed by atoms with Crippen molar-refractivity contribution in [3.63, 3.8) is 0 Å². The van der Waals surface area contributed by atoms with Gasteiger partial charge in [0.25, 0.3) is 0 Å². The molecule has 0 aliphatic carbocycles. The Bertz CT molecular complexity index is 2080. The Balaban J connectivity index is 1.19. The minimum atomic E-state index is -0.403. The summed E-state index contributed by atoms with van der Waals surface area (Å²) in [6.07, 6.45) is 0. The van der Waals surface area contributed by atoms with Crippen LogP contribution in [0.4, 0.5) is 0 Å². The molecule has 1 saturated heterocycles. The molecule has 0 unspecified atom stereocenters. The minimum absolute atomic E-state index is 0.379. The number of fused-ring (bicyclic) bond motifs is 8. The number of benzene rings is 5. The third-order valence-corrected chi connectivity index (χ3v) is 8.71. The number of hydrogen-bond donors (Lipinski definition) is 0. The van der Waals surface area contributed by atoms with Crippen LogP contribution in [0.15, 0.2) is 99.8 Å². The molecule has 190 valence electrons. The molecular weight excluding hydrogens is 483 g/mol. The van der Waals surface area contributed by atoms with E-state index in [4.69, 9.17) is 18.1 Å². The molecule has 0 radical (unpaired) electrons. The van der Waals surface area contributed by atoms with Crippen molar-refractivity contribution >= 4 is 67.2 Å². The molecule has 2 aromatic heterocycles. The van der Waals surface area contributed by atoms with Gasteiger partial charge in [-0.05, 0) is 92.1 Å². The largest absolute Gasteiger partial charge is 0.494 e. The Morgan fingerprint density at radius 1 is 0.513 bits per heavy atom. The number of rotatable bonds is 2. The molecule has 7 aromatic rings. The van der Waals surface area contributed by atoms with E-state index < -0.39 is 7.12 Å². The van der Waals surface area contributed by atoms with Crippen molar-refractivity contribution in [1.82, 2.24) is 0 Å². The number of hydrogen-bond acceptors (Lipinski definition) is 4. The second-order valence-electron chi connectivity index (χ2n) is 11.6. The van der Waals surface area contributed by atoms with Crippen molar-refractivity contribution in [3.8, 4) is 11.1 Å². The van der Waals surface area contributed by atoms with E-state index in [1.54, 1.807) is 0 Å². The highest BCUT2D eigenvalue weighted by atomic mass is 16.7. The van der Waals surface area contributed by atoms with E-state index in [1.165, 1.54) is 0 Å². The van der Waals surface area contributed by atoms with Crippen LogP contribution in [0.3, 0.4) is 0 Å². The highest BCUT2D eigenvalue weighted by molar-refractivity contribution is 6.62. The average molecular weight is 510 g/mol. The molecule has 0 bridgehead atoms. The fourth-order valence-corrected chi connectivity index (χ4v) is 5.79. The zero-order chi connectivity index (χ0) is 26.5. The highest BCUT2D eigenvalue weighted by Gasteiger charge is 2.51. The molecule has 0 atom stereocenters. The van der Waals surface area contributed by atoms with E-state index in [2.05, 4.69) is 94.4 Å². The normalized spacial score (nSPS) is 16.9. The lowest BCUT2D eigenvalue weighted by Gasteiger charge is -2.32. The molecule has 8 rings (SSSR count). The zero-order valence-corrected chi connectivity index (χ0v) is 22.4. The van der Waals surface area contributed by atoms with Crippen molar-refractivity contribution in [2.24, 2.45) is 0 Å². The number of para-hydroxylation sites is 1. The van der Waals surface area contributed by atoms with Crippen LogP contribution < -0.4 is 5.46 Å². The first-order chi connectivity index (χ1) is 18.8. The van der Waals surface area contributed by atoms with Crippen molar-refractivity contribution in [2.45, 2.75) is 38.9 Å². The van der Waals surface area contributed by atoms with Gasteiger partial charge in [0, 0.05) is 26.9 Å². The molecule has 4 nitrogen and oxygen atoms in total. The zero-order valence-electron chi connectivity index (χ0n) is 22.4. The van der Waals surface area contributed by atoms with Crippen LogP contribution in [0.1, 0.15) is 27.7 Å². The van der Waals surface area contributed by atoms with Gasteiger partial charge in [0.1, 0.15) is 22.3 Å². The van der Waals surface area contributed by atoms with Gasteiger partial charge in [0.2, 0.25) is 0 Å². The van der Waals surface area contributed by atoms with Crippen LogP contribution in [-0.2, 0) is 9.31 Å². The van der Waals surface area contributed by atoms with E-state index in [0.29, 0.717) is 0 Å². The maximum absolute atomic E-state index is 6.30. The van der Waals surface area contributed by atoms with Gasteiger partial charge >= 0.3 is 7.12 Å². The summed E-state index contributed by atoms with van der Waals surface area (Å²) in [4.78, 5) is 0. The maximum Gasteiger partial charge on any atom is 0.494 e. The lowest BCUT2D eigenvalue weighted by molar-refractivity contribution is 0.00578. The summed E-state index contributed by atoms with van der Waals surface area (Å²) in [5.41, 5.74) is 6.06. The second kappa shape index (κ2) is 7.75. The van der Waals surface area contributed by atoms with Gasteiger partial charge in [0.15, 0.2) is 0 Å². The summed E-state index contributed by atoms with van der Waals surface area (Å²) < 4.78 is 25.1. The molecule has 0 saturated carbocycles. The molecule has 1 aliphatic heterocycles. The fourth-order valence-electron chi connectivity index (χ4n) is 5.79. The van der Waals surface area contributed by atoms with Gasteiger partial charge in [0.05, 0.1) is 11.2 Å². The summed E-state index contributed by atoms with van der Waals surface area (Å²) in [5.74, 6) is 0. The van der Waals surface area contributed by atoms with Gasteiger partial charge < -0.3 is 18.1 Å². The Hall–Kier alpha value is -4.06. The molecular formula is C34H27BO4. The second-order valence-corrected chi connectivity index (χ2v) is 11.6. The van der Waals surface area contributed by atoms with E-state index in [-0.39, 0.29) is 11.2 Å². The van der Waals surface area contributed by atoms with Crippen LogP contribution in [0, 0.1) is 0 Å². The van der Waals surface area contributed by atoms with Crippen molar-refractivity contribution in [2.75, 3.05) is 0 Å². The monoisotopic (exact) mass is 510 g/mol. The van der Waals surface area contributed by atoms with Gasteiger partial charge in [-0.25, -0.2) is 0 Å². The number of furan rings is 2. The molecule has 1 aliphatic rings. The lowest BCUT2D eigenvalue weighted by atomic mass is 9.78. The first-order valence-corrected chi connectivity index (χ1v) is 13.4. The third-order valence-electron chi connectivity index (χ3n) is 8.71. The summed E-state index contributed by atoms with van der Waals surface area (Å²) in [6.45, 7) is 8.30. The molecule has 3 heterocycles. The van der Waals surface area contributed by atoms with Crippen LogP contribution in [0.5, 0.6) is 0 Å². The van der Waals surface area contributed by atoms with Crippen LogP contribution >= 0.6 is 0 Å². The topological polar surface area (TPSA) is 44.7 Å². The van der Waals surface area contributed by atoms with Crippen molar-refractivity contribution in [1.29, 1.82) is 0 Å². The van der Waals surface area contributed by atoms with Gasteiger partial charge in [-0.1, -0.05) is 48.5 Å². The van der Waals surface area contributed by atoms with Crippen molar-refractivity contribution in [3.05, 3.63) is 91.0 Å². The van der Waals surface area contributed by atoms with E-state index >= 15 is 0 Å². The molecule has 0 amide bonds. The molecule has 0 spiro atoms. The Morgan fingerprint density at radius 2 is 1.18 bits per heavy atom. The predicted octanol–water partition coefficient (Wildman–Crippen LogP) is 8.60. The SMILES string of the molecule is CC1(C)OB(c2ccc3oc4cc(-c5ccc6c(ccc7c8ccccc8oc67)c5)ccc4c3c2)OC1(C)C. The van der Waals surface area contributed by atoms with Crippen LogP contribution in [0.25, 0.3) is 65.8 Å². The first kappa shape index (κ1) is 22.9. The summed E-state index contributed by atoms with van der Waals surface area (Å²) >= 11 is 0. The van der Waals surface area contributed by atoms with Crippen molar-refractivity contribution < 1.29 is 18.1 Å². The molecule has 5 aromatic carbocycles. The van der Waals surface area contributed by atoms with Crippen LogP contribution in [0.2, 0.25) is 0 Å². The summed E-state index contributed by atoms with van der Waals surface area (Å²) in [7, 11) is -0.403. The lowest BCUT2D eigenvalue weighted by Crippen LogP contribution is -2.41. The highest BCUT2D eigenvalue weighted by Crippen LogP contribution is 2.39. The average Bonchev–Trinajstić information content (AvgIpc) is 3.56. The molecule has 39 heavy (non-hydrogen) atoms. The van der Waals surface area contributed by atoms with E-state index in [9.17, 15) is 0 Å². The maximum atomic E-state index is 6.30. The van der Waals surface area contributed by atoms with Gasteiger partial charge in [-0.3, -0.25) is 0 Å². The Labute approximate surface area is 226 Å². The Kier molecular flexibility index (Phi) is 4.55. The first-order valence-electron chi connectivity index (χ1n) is 13.4. The fraction of sp³-hybridized carbons (Fsp3) is 0.176. The third kappa shape index (κ3) is 3.33. The Morgan fingerprint density at radius 3 is 2.00 bits per heavy atom. The van der Waals surface area contributed by atoms with E-state index in [1.807, 2.05) is 24.3 Å². The molecule has 0 N–H and O–H groups in total. The molecule has 1 fully saturated rings. The molecule has 5 heteroatoms. The summed E-state index contributed by atoms with van der Waals surface area (Å²) in [6, 6.07) is 31.7. The summed E-state index contributed by atoms with van der Waals surface area (Å²) in [5, 5.41) is 6.71. The predicted molar refractivity (Wildman–Crippen MR) is 160 cm³/mol. The minimum Gasteiger partial charge on any atom is -0.456 e. The van der Waals surface area contributed by atoms with Gasteiger partial charge in [-0.2, -0.15) is 0 Å².